The molecule has 0 spiro atoms. The molecule has 0 saturated heterocycles. The third kappa shape index (κ3) is 5.92. The lowest BCUT2D eigenvalue weighted by atomic mass is 9.94. The molecule has 162 valence electrons. The van der Waals surface area contributed by atoms with Gasteiger partial charge in [-0.15, -0.1) is 11.3 Å². The predicted octanol–water partition coefficient (Wildman–Crippen LogP) is 5.61. The lowest BCUT2D eigenvalue weighted by Gasteiger charge is -2.12. The van der Waals surface area contributed by atoms with Crippen molar-refractivity contribution in [1.29, 1.82) is 0 Å². The second-order valence-corrected chi connectivity index (χ2v) is 8.41. The number of nitrogens with one attached hydrogen (secondary N) is 1. The lowest BCUT2D eigenvalue weighted by Crippen LogP contribution is -2.14. The van der Waals surface area contributed by atoms with Crippen LogP contribution in [0.1, 0.15) is 73.2 Å². The highest BCUT2D eigenvalue weighted by Gasteiger charge is 2.25. The van der Waals surface area contributed by atoms with Gasteiger partial charge in [0.15, 0.2) is 0 Å². The maximum absolute atomic E-state index is 12.7. The lowest BCUT2D eigenvalue weighted by molar-refractivity contribution is -0.137. The van der Waals surface area contributed by atoms with Crippen LogP contribution in [0.4, 0.5) is 5.00 Å². The highest BCUT2D eigenvalue weighted by atomic mass is 32.1. The molecule has 0 aliphatic rings. The zero-order valence-electron chi connectivity index (χ0n) is 17.9. The number of carbonyl (C=O) groups excluding carboxylic acids is 2. The molecule has 0 unspecified atom stereocenters. The average molecular weight is 432 g/mol. The van der Waals surface area contributed by atoms with E-state index in [1.165, 1.54) is 16.9 Å². The average Bonchev–Trinajstić information content (AvgIpc) is 3.02. The fraction of sp³-hybridized carbons (Fsp3) is 0.435. The topological polar surface area (TPSA) is 92.7 Å². The number of amides is 1. The molecule has 1 amide bonds. The van der Waals surface area contributed by atoms with Crippen LogP contribution in [0.5, 0.6) is 0 Å². The molecule has 2 aromatic rings. The number of aliphatic carboxylic acids is 1. The number of aryl methyl sites for hydroxylation is 1. The third-order valence-corrected chi connectivity index (χ3v) is 6.01. The second-order valence-electron chi connectivity index (χ2n) is 7.18. The molecule has 0 saturated carbocycles. The molecule has 6 nitrogen and oxygen atoms in total. The number of hydrogen-bond acceptors (Lipinski definition) is 5. The van der Waals surface area contributed by atoms with E-state index in [-0.39, 0.29) is 31.8 Å². The summed E-state index contributed by atoms with van der Waals surface area (Å²) >= 11 is 1.32. The van der Waals surface area contributed by atoms with Gasteiger partial charge in [-0.2, -0.15) is 0 Å². The highest BCUT2D eigenvalue weighted by molar-refractivity contribution is 7.17. The fourth-order valence-electron chi connectivity index (χ4n) is 3.18. The SMILES string of the molecule is CCOC(=O)c1c(NC(=O)CCCC(=O)O)sc(C)c1-c1ccc([C@H](C)CC)cc1. The number of carbonyl (C=O) groups is 3. The van der Waals surface area contributed by atoms with Crippen LogP contribution >= 0.6 is 11.3 Å². The van der Waals surface area contributed by atoms with Crippen molar-refractivity contribution in [3.8, 4) is 11.1 Å². The summed E-state index contributed by atoms with van der Waals surface area (Å²) in [6.45, 7) is 8.19. The van der Waals surface area contributed by atoms with Crippen LogP contribution in [0.15, 0.2) is 24.3 Å². The molecule has 30 heavy (non-hydrogen) atoms. The Morgan fingerprint density at radius 1 is 1.13 bits per heavy atom. The molecule has 2 N–H and O–H groups in total. The van der Waals surface area contributed by atoms with Gasteiger partial charge in [-0.1, -0.05) is 38.1 Å². The molecule has 7 heteroatoms. The maximum Gasteiger partial charge on any atom is 0.341 e. The zero-order chi connectivity index (χ0) is 22.3. The number of anilines is 1. The number of carboxylic acids is 1. The summed E-state index contributed by atoms with van der Waals surface area (Å²) in [5, 5.41) is 12.0. The summed E-state index contributed by atoms with van der Waals surface area (Å²) < 4.78 is 5.26. The van der Waals surface area contributed by atoms with Crippen molar-refractivity contribution >= 4 is 34.2 Å². The number of ether oxygens (including phenoxy) is 1. The van der Waals surface area contributed by atoms with Gasteiger partial charge >= 0.3 is 11.9 Å². The van der Waals surface area contributed by atoms with E-state index in [0.29, 0.717) is 16.5 Å². The molecule has 0 bridgehead atoms. The van der Waals surface area contributed by atoms with Gasteiger partial charge in [-0.05, 0) is 43.7 Å². The minimum atomic E-state index is -0.940. The first-order chi connectivity index (χ1) is 14.3. The number of hydrogen-bond donors (Lipinski definition) is 2. The third-order valence-electron chi connectivity index (χ3n) is 4.99. The predicted molar refractivity (Wildman–Crippen MR) is 119 cm³/mol. The van der Waals surface area contributed by atoms with Crippen LogP contribution in [0.2, 0.25) is 0 Å². The monoisotopic (exact) mass is 431 g/mol. The van der Waals surface area contributed by atoms with Crippen molar-refractivity contribution in [2.45, 2.75) is 59.3 Å². The van der Waals surface area contributed by atoms with E-state index in [4.69, 9.17) is 9.84 Å². The summed E-state index contributed by atoms with van der Waals surface area (Å²) in [5.74, 6) is -1.29. The summed E-state index contributed by atoms with van der Waals surface area (Å²) in [6.07, 6.45) is 1.28. The molecule has 0 aliphatic carbocycles. The number of rotatable bonds is 10. The van der Waals surface area contributed by atoms with Crippen LogP contribution < -0.4 is 5.32 Å². The molecule has 2 rings (SSSR count). The van der Waals surface area contributed by atoms with Crippen molar-refractivity contribution in [1.82, 2.24) is 0 Å². The van der Waals surface area contributed by atoms with Crippen LogP contribution in [-0.4, -0.2) is 29.6 Å². The van der Waals surface area contributed by atoms with Gasteiger partial charge < -0.3 is 15.2 Å². The van der Waals surface area contributed by atoms with E-state index in [9.17, 15) is 14.4 Å². The Balaban J connectivity index is 2.37. The largest absolute Gasteiger partial charge is 0.481 e. The fourth-order valence-corrected chi connectivity index (χ4v) is 4.26. The summed E-state index contributed by atoms with van der Waals surface area (Å²) in [7, 11) is 0. The number of benzene rings is 1. The number of thiophene rings is 1. The second kappa shape index (κ2) is 10.9. The highest BCUT2D eigenvalue weighted by Crippen LogP contribution is 2.41. The minimum absolute atomic E-state index is 0.0739. The first-order valence-corrected chi connectivity index (χ1v) is 11.0. The van der Waals surface area contributed by atoms with Crippen molar-refractivity contribution in [3.05, 3.63) is 40.3 Å². The van der Waals surface area contributed by atoms with Gasteiger partial charge in [0.25, 0.3) is 0 Å². The van der Waals surface area contributed by atoms with Gasteiger partial charge in [-0.3, -0.25) is 9.59 Å². The Bertz CT molecular complexity index is 901. The van der Waals surface area contributed by atoms with Crippen molar-refractivity contribution in [2.75, 3.05) is 11.9 Å². The Kier molecular flexibility index (Phi) is 8.59. The molecular weight excluding hydrogens is 402 g/mol. The van der Waals surface area contributed by atoms with E-state index < -0.39 is 11.9 Å². The Morgan fingerprint density at radius 3 is 2.37 bits per heavy atom. The quantitative estimate of drug-likeness (QED) is 0.477. The summed E-state index contributed by atoms with van der Waals surface area (Å²) in [6, 6.07) is 8.13. The van der Waals surface area contributed by atoms with Gasteiger partial charge in [-0.25, -0.2) is 4.79 Å². The molecule has 0 fully saturated rings. The van der Waals surface area contributed by atoms with Gasteiger partial charge in [0.05, 0.1) is 6.61 Å². The molecule has 1 atom stereocenters. The van der Waals surface area contributed by atoms with E-state index >= 15 is 0 Å². The molecule has 1 aromatic carbocycles. The van der Waals surface area contributed by atoms with Crippen LogP contribution in [0.3, 0.4) is 0 Å². The molecule has 1 heterocycles. The van der Waals surface area contributed by atoms with E-state index in [1.807, 2.05) is 19.1 Å². The normalized spacial score (nSPS) is 11.7. The molecule has 0 aliphatic heterocycles. The van der Waals surface area contributed by atoms with Gasteiger partial charge in [0.2, 0.25) is 5.91 Å². The summed E-state index contributed by atoms with van der Waals surface area (Å²) in [5.41, 5.74) is 3.24. The number of esters is 1. The number of carboxylic acid groups (broad SMARTS) is 1. The van der Waals surface area contributed by atoms with E-state index in [1.54, 1.807) is 6.92 Å². The molecule has 0 radical (unpaired) electrons. The molecular formula is C23H29NO5S. The smallest absolute Gasteiger partial charge is 0.341 e. The van der Waals surface area contributed by atoms with Crippen molar-refractivity contribution in [3.63, 3.8) is 0 Å². The first-order valence-electron chi connectivity index (χ1n) is 10.2. The van der Waals surface area contributed by atoms with Gasteiger partial charge in [0.1, 0.15) is 10.6 Å². The van der Waals surface area contributed by atoms with Crippen LogP contribution in [0, 0.1) is 6.92 Å². The zero-order valence-corrected chi connectivity index (χ0v) is 18.7. The Labute approximate surface area is 181 Å². The minimum Gasteiger partial charge on any atom is -0.481 e. The standard InChI is InChI=1S/C23H29NO5S/c1-5-14(3)16-10-12-17(13-11-16)20-15(4)30-22(21(20)23(28)29-6-2)24-18(25)8-7-9-19(26)27/h10-14H,5-9H2,1-4H3,(H,24,25)(H,26,27)/t14-/m1/s1. The maximum atomic E-state index is 12.7. The first kappa shape index (κ1) is 23.6. The van der Waals surface area contributed by atoms with Crippen LogP contribution in [0.25, 0.3) is 11.1 Å². The van der Waals surface area contributed by atoms with Crippen molar-refractivity contribution < 1.29 is 24.2 Å². The Morgan fingerprint density at radius 2 is 1.80 bits per heavy atom. The van der Waals surface area contributed by atoms with Gasteiger partial charge in [0, 0.05) is 23.3 Å². The molecule has 1 aromatic heterocycles. The Hall–Kier alpha value is -2.67. The van der Waals surface area contributed by atoms with E-state index in [0.717, 1.165) is 22.4 Å². The van der Waals surface area contributed by atoms with Crippen LogP contribution in [-0.2, 0) is 14.3 Å². The van der Waals surface area contributed by atoms with E-state index in [2.05, 4.69) is 31.3 Å². The van der Waals surface area contributed by atoms with Crippen molar-refractivity contribution in [2.24, 2.45) is 0 Å². The summed E-state index contributed by atoms with van der Waals surface area (Å²) in [4.78, 5) is 36.6.